The Balaban J connectivity index is 1.77. The van der Waals surface area contributed by atoms with Crippen LogP contribution in [0.1, 0.15) is 31.2 Å². The molecule has 1 aromatic rings. The maximum absolute atomic E-state index is 12.1. The van der Waals surface area contributed by atoms with Gasteiger partial charge in [-0.1, -0.05) is 0 Å². The van der Waals surface area contributed by atoms with E-state index < -0.39 is 0 Å². The van der Waals surface area contributed by atoms with Crippen molar-refractivity contribution in [3.63, 3.8) is 0 Å². The van der Waals surface area contributed by atoms with Crippen LogP contribution in [0.25, 0.3) is 0 Å². The Morgan fingerprint density at radius 1 is 1.53 bits per heavy atom. The van der Waals surface area contributed by atoms with Crippen molar-refractivity contribution in [2.75, 3.05) is 19.7 Å². The largest absolute Gasteiger partial charge is 0.396 e. The highest BCUT2D eigenvalue weighted by molar-refractivity contribution is 7.07. The van der Waals surface area contributed by atoms with Crippen LogP contribution in [0.4, 0.5) is 4.79 Å². The summed E-state index contributed by atoms with van der Waals surface area (Å²) in [7, 11) is 0. The second kappa shape index (κ2) is 7.50. The number of nitrogens with zero attached hydrogens (tertiary/aromatic N) is 1. The molecule has 2 heterocycles. The average molecular weight is 282 g/mol. The highest BCUT2D eigenvalue weighted by Gasteiger charge is 2.25. The lowest BCUT2D eigenvalue weighted by molar-refractivity contribution is 0.132. The molecule has 1 saturated heterocycles. The number of aliphatic hydroxyl groups is 1. The van der Waals surface area contributed by atoms with E-state index in [1.807, 2.05) is 4.90 Å². The summed E-state index contributed by atoms with van der Waals surface area (Å²) in [4.78, 5) is 14.0. The van der Waals surface area contributed by atoms with Crippen molar-refractivity contribution in [1.29, 1.82) is 0 Å². The molecule has 1 aliphatic rings. The first kappa shape index (κ1) is 14.3. The molecule has 2 N–H and O–H groups in total. The molecule has 2 rings (SSSR count). The monoisotopic (exact) mass is 282 g/mol. The number of amides is 2. The number of aliphatic hydroxyl groups excluding tert-OH is 1. The van der Waals surface area contributed by atoms with Crippen LogP contribution in [-0.4, -0.2) is 41.8 Å². The first-order chi connectivity index (χ1) is 9.31. The van der Waals surface area contributed by atoms with Crippen LogP contribution in [0.3, 0.4) is 0 Å². The Hall–Kier alpha value is -1.07. The second-order valence-electron chi connectivity index (χ2n) is 4.97. The molecule has 0 saturated carbocycles. The summed E-state index contributed by atoms with van der Waals surface area (Å²) in [6, 6.07) is 2.32. The molecule has 1 atom stereocenters. The first-order valence-corrected chi connectivity index (χ1v) is 7.92. The van der Waals surface area contributed by atoms with E-state index in [-0.39, 0.29) is 18.7 Å². The smallest absolute Gasteiger partial charge is 0.317 e. The average Bonchev–Trinajstić information content (AvgIpc) is 2.93. The summed E-state index contributed by atoms with van der Waals surface area (Å²) in [5, 5.41) is 16.2. The van der Waals surface area contributed by atoms with Gasteiger partial charge in [0.25, 0.3) is 0 Å². The van der Waals surface area contributed by atoms with E-state index in [2.05, 4.69) is 22.1 Å². The van der Waals surface area contributed by atoms with E-state index in [0.717, 1.165) is 32.2 Å². The Labute approximate surface area is 118 Å². The maximum Gasteiger partial charge on any atom is 0.317 e. The fraction of sp³-hybridized carbons (Fsp3) is 0.643. The summed E-state index contributed by atoms with van der Waals surface area (Å²) in [5.74, 6) is 0. The predicted molar refractivity (Wildman–Crippen MR) is 77.5 cm³/mol. The minimum atomic E-state index is 0.0216. The van der Waals surface area contributed by atoms with Gasteiger partial charge in [0, 0.05) is 25.7 Å². The van der Waals surface area contributed by atoms with Crippen LogP contribution in [0.2, 0.25) is 0 Å². The maximum atomic E-state index is 12.1. The molecule has 4 nitrogen and oxygen atoms in total. The number of hydrogen-bond donors (Lipinski definition) is 2. The molecule has 0 aliphatic carbocycles. The van der Waals surface area contributed by atoms with E-state index in [4.69, 9.17) is 5.11 Å². The molecule has 1 fully saturated rings. The van der Waals surface area contributed by atoms with E-state index in [0.29, 0.717) is 13.0 Å². The Bertz CT molecular complexity index is 379. The van der Waals surface area contributed by atoms with E-state index in [1.165, 1.54) is 5.56 Å². The van der Waals surface area contributed by atoms with Gasteiger partial charge in [0.15, 0.2) is 0 Å². The Morgan fingerprint density at radius 2 is 2.42 bits per heavy atom. The van der Waals surface area contributed by atoms with E-state index in [9.17, 15) is 4.79 Å². The second-order valence-corrected chi connectivity index (χ2v) is 5.75. The number of nitrogens with one attached hydrogen (secondary N) is 1. The van der Waals surface area contributed by atoms with Gasteiger partial charge in [0.05, 0.1) is 0 Å². The molecule has 0 bridgehead atoms. The van der Waals surface area contributed by atoms with E-state index >= 15 is 0 Å². The van der Waals surface area contributed by atoms with Crippen molar-refractivity contribution < 1.29 is 9.90 Å². The summed E-state index contributed by atoms with van der Waals surface area (Å²) in [5.41, 5.74) is 1.27. The van der Waals surface area contributed by atoms with Crippen molar-refractivity contribution >= 4 is 17.4 Å². The molecule has 0 radical (unpaired) electrons. The number of thiophene rings is 1. The van der Waals surface area contributed by atoms with Crippen molar-refractivity contribution in [3.05, 3.63) is 22.4 Å². The molecule has 0 aromatic carbocycles. The Kier molecular flexibility index (Phi) is 5.66. The van der Waals surface area contributed by atoms with Crippen LogP contribution in [-0.2, 0) is 6.42 Å². The number of urea groups is 1. The summed E-state index contributed by atoms with van der Waals surface area (Å²) in [6.45, 7) is 1.65. The van der Waals surface area contributed by atoms with Gasteiger partial charge in [-0.2, -0.15) is 11.3 Å². The number of piperidine rings is 1. The van der Waals surface area contributed by atoms with Crippen molar-refractivity contribution in [2.45, 2.75) is 38.1 Å². The molecular formula is C14H22N2O2S. The quantitative estimate of drug-likeness (QED) is 0.870. The number of rotatable bonds is 5. The number of carbonyl (C=O) groups excluding carboxylic acids is 1. The molecule has 1 aromatic heterocycles. The molecule has 0 spiro atoms. The van der Waals surface area contributed by atoms with Crippen LogP contribution < -0.4 is 5.32 Å². The zero-order chi connectivity index (χ0) is 13.5. The molecule has 1 unspecified atom stereocenters. The highest BCUT2D eigenvalue weighted by Crippen LogP contribution is 2.19. The normalized spacial score (nSPS) is 19.4. The lowest BCUT2D eigenvalue weighted by Crippen LogP contribution is -2.49. The van der Waals surface area contributed by atoms with Crippen LogP contribution in [0.5, 0.6) is 0 Å². The molecular weight excluding hydrogens is 260 g/mol. The zero-order valence-electron chi connectivity index (χ0n) is 11.2. The van der Waals surface area contributed by atoms with E-state index in [1.54, 1.807) is 11.3 Å². The fourth-order valence-electron chi connectivity index (χ4n) is 2.57. The zero-order valence-corrected chi connectivity index (χ0v) is 12.0. The molecule has 1 aliphatic heterocycles. The van der Waals surface area contributed by atoms with Crippen molar-refractivity contribution in [1.82, 2.24) is 10.2 Å². The minimum Gasteiger partial charge on any atom is -0.396 e. The Morgan fingerprint density at radius 3 is 3.16 bits per heavy atom. The summed E-state index contributed by atoms with van der Waals surface area (Å²) in [6.07, 6.45) is 4.81. The standard InChI is InChI=1S/C14H22N2O2S/c17-9-5-13-3-1-2-8-16(13)14(18)15-7-4-12-6-10-19-11-12/h6,10-11,13,17H,1-5,7-9H2,(H,15,18). The third kappa shape index (κ3) is 4.21. The topological polar surface area (TPSA) is 52.6 Å². The van der Waals surface area contributed by atoms with Crippen molar-refractivity contribution in [2.24, 2.45) is 0 Å². The highest BCUT2D eigenvalue weighted by atomic mass is 32.1. The lowest BCUT2D eigenvalue weighted by Gasteiger charge is -2.35. The fourth-order valence-corrected chi connectivity index (χ4v) is 3.27. The molecule has 5 heteroatoms. The summed E-state index contributed by atoms with van der Waals surface area (Å²) < 4.78 is 0. The number of carbonyl (C=O) groups is 1. The lowest BCUT2D eigenvalue weighted by atomic mass is 10.0. The van der Waals surface area contributed by atoms with Gasteiger partial charge >= 0.3 is 6.03 Å². The van der Waals surface area contributed by atoms with Gasteiger partial charge in [-0.3, -0.25) is 0 Å². The predicted octanol–water partition coefficient (Wildman–Crippen LogP) is 2.24. The third-order valence-corrected chi connectivity index (χ3v) is 4.35. The molecule has 19 heavy (non-hydrogen) atoms. The van der Waals surface area contributed by atoms with Gasteiger partial charge < -0.3 is 15.3 Å². The van der Waals surface area contributed by atoms with Crippen LogP contribution in [0, 0.1) is 0 Å². The van der Waals surface area contributed by atoms with Crippen LogP contribution >= 0.6 is 11.3 Å². The first-order valence-electron chi connectivity index (χ1n) is 6.97. The number of likely N-dealkylation sites (tertiary alicyclic amines) is 1. The molecule has 2 amide bonds. The number of hydrogen-bond acceptors (Lipinski definition) is 3. The van der Waals surface area contributed by atoms with Gasteiger partial charge in [-0.15, -0.1) is 0 Å². The van der Waals surface area contributed by atoms with Gasteiger partial charge in [-0.05, 0) is 54.5 Å². The summed E-state index contributed by atoms with van der Waals surface area (Å²) >= 11 is 1.68. The van der Waals surface area contributed by atoms with Gasteiger partial charge in [0.1, 0.15) is 0 Å². The van der Waals surface area contributed by atoms with Crippen molar-refractivity contribution in [3.8, 4) is 0 Å². The van der Waals surface area contributed by atoms with Gasteiger partial charge in [0.2, 0.25) is 0 Å². The van der Waals surface area contributed by atoms with Crippen LogP contribution in [0.15, 0.2) is 16.8 Å². The SMILES string of the molecule is O=C(NCCc1ccsc1)N1CCCCC1CCO. The third-order valence-electron chi connectivity index (χ3n) is 3.62. The van der Waals surface area contributed by atoms with Gasteiger partial charge in [-0.25, -0.2) is 4.79 Å². The molecule has 106 valence electrons. The minimum absolute atomic E-state index is 0.0216.